The minimum absolute atomic E-state index is 0.0258. The highest BCUT2D eigenvalue weighted by molar-refractivity contribution is 5.93. The molecule has 0 unspecified atom stereocenters. The van der Waals surface area contributed by atoms with E-state index in [1.807, 2.05) is 25.1 Å². The van der Waals surface area contributed by atoms with E-state index in [1.165, 1.54) is 48.2 Å². The van der Waals surface area contributed by atoms with Crippen molar-refractivity contribution in [3.8, 4) is 5.75 Å². The van der Waals surface area contributed by atoms with E-state index >= 15 is 0 Å². The van der Waals surface area contributed by atoms with Gasteiger partial charge in [0.15, 0.2) is 0 Å². The van der Waals surface area contributed by atoms with E-state index in [2.05, 4.69) is 9.98 Å². The second-order valence-electron chi connectivity index (χ2n) is 7.07. The molecule has 5 heteroatoms. The van der Waals surface area contributed by atoms with Crippen LogP contribution in [-0.4, -0.2) is 17.4 Å². The molecule has 0 fully saturated rings. The number of fused-ring (bicyclic) bond motifs is 3. The number of ether oxygens (including phenoxy) is 1. The number of aromatic amines is 1. The molecule has 2 aliphatic rings. The number of rotatable bonds is 3. The van der Waals surface area contributed by atoms with Crippen LogP contribution < -0.4 is 9.64 Å². The summed E-state index contributed by atoms with van der Waals surface area (Å²) in [6.45, 7) is 4.60. The Morgan fingerprint density at radius 1 is 1.16 bits per heavy atom. The maximum absolute atomic E-state index is 13.8. The van der Waals surface area contributed by atoms with Crippen molar-refractivity contribution in [1.82, 2.24) is 4.98 Å². The number of halogens is 1. The van der Waals surface area contributed by atoms with Gasteiger partial charge in [-0.3, -0.25) is 9.89 Å². The van der Waals surface area contributed by atoms with Gasteiger partial charge in [0.2, 0.25) is 0 Å². The normalized spacial score (nSPS) is 16.6. The van der Waals surface area contributed by atoms with Gasteiger partial charge in [-0.25, -0.2) is 4.39 Å². The molecule has 2 aromatic rings. The molecule has 1 aromatic carbocycles. The third kappa shape index (κ3) is 3.03. The summed E-state index contributed by atoms with van der Waals surface area (Å²) in [6, 6.07) is 4.68. The number of hydrogen-bond donors (Lipinski definition) is 1. The third-order valence-electron chi connectivity index (χ3n) is 4.87. The van der Waals surface area contributed by atoms with Crippen molar-refractivity contribution in [2.75, 3.05) is 4.90 Å². The summed E-state index contributed by atoms with van der Waals surface area (Å²) in [5.74, 6) is 1.30. The van der Waals surface area contributed by atoms with Gasteiger partial charge in [0.1, 0.15) is 17.4 Å². The highest BCUT2D eigenvalue weighted by atomic mass is 19.1. The molecular formula is C20H24FN3O. The lowest BCUT2D eigenvalue weighted by Crippen LogP contribution is -2.21. The molecule has 2 heterocycles. The number of aliphatic imine (C=N–C) groups is 1. The molecule has 0 radical (unpaired) electrons. The Morgan fingerprint density at radius 3 is 2.84 bits per heavy atom. The Bertz CT molecular complexity index is 810. The van der Waals surface area contributed by atoms with Crippen molar-refractivity contribution in [2.45, 2.75) is 58.6 Å². The fourth-order valence-electron chi connectivity index (χ4n) is 3.78. The van der Waals surface area contributed by atoms with Gasteiger partial charge in [0, 0.05) is 17.3 Å². The van der Waals surface area contributed by atoms with Crippen LogP contribution in [0.4, 0.5) is 15.9 Å². The fraction of sp³-hybridized carbons (Fsp3) is 0.450. The van der Waals surface area contributed by atoms with E-state index < -0.39 is 0 Å². The van der Waals surface area contributed by atoms with Gasteiger partial charge in [0.25, 0.3) is 0 Å². The summed E-state index contributed by atoms with van der Waals surface area (Å²) in [5.41, 5.74) is 4.87. The van der Waals surface area contributed by atoms with Crippen LogP contribution in [0.15, 0.2) is 23.2 Å². The molecule has 0 amide bonds. The van der Waals surface area contributed by atoms with Gasteiger partial charge in [-0.2, -0.15) is 0 Å². The zero-order valence-electron chi connectivity index (χ0n) is 14.8. The smallest absolute Gasteiger partial charge is 0.146 e. The Kier molecular flexibility index (Phi) is 4.24. The van der Waals surface area contributed by atoms with Crippen molar-refractivity contribution in [1.29, 1.82) is 0 Å². The maximum atomic E-state index is 13.8. The molecule has 1 aromatic heterocycles. The molecule has 0 spiro atoms. The first-order chi connectivity index (χ1) is 12.1. The quantitative estimate of drug-likeness (QED) is 0.808. The largest absolute Gasteiger partial charge is 0.489 e. The Hall–Kier alpha value is -2.30. The predicted molar refractivity (Wildman–Crippen MR) is 98.6 cm³/mol. The Morgan fingerprint density at radius 2 is 2.00 bits per heavy atom. The van der Waals surface area contributed by atoms with Crippen molar-refractivity contribution < 1.29 is 9.13 Å². The van der Waals surface area contributed by atoms with Gasteiger partial charge >= 0.3 is 0 Å². The highest BCUT2D eigenvalue weighted by Crippen LogP contribution is 2.40. The molecule has 4 rings (SSSR count). The molecule has 0 bridgehead atoms. The fourth-order valence-corrected chi connectivity index (χ4v) is 3.78. The van der Waals surface area contributed by atoms with Gasteiger partial charge in [-0.15, -0.1) is 0 Å². The minimum Gasteiger partial charge on any atom is -0.489 e. The van der Waals surface area contributed by atoms with E-state index in [0.717, 1.165) is 24.3 Å². The lowest BCUT2D eigenvalue weighted by Gasteiger charge is -2.26. The number of aromatic nitrogens is 1. The summed E-state index contributed by atoms with van der Waals surface area (Å²) >= 11 is 0. The van der Waals surface area contributed by atoms with Crippen molar-refractivity contribution in [3.05, 3.63) is 40.8 Å². The van der Waals surface area contributed by atoms with Crippen LogP contribution in [0.3, 0.4) is 0 Å². The topological polar surface area (TPSA) is 40.6 Å². The third-order valence-corrected chi connectivity index (χ3v) is 4.87. The van der Waals surface area contributed by atoms with Crippen LogP contribution in [0.1, 0.15) is 49.9 Å². The number of H-pyrrole nitrogens is 1. The number of hydrogen-bond acceptors (Lipinski definition) is 3. The average molecular weight is 341 g/mol. The van der Waals surface area contributed by atoms with Gasteiger partial charge in [-0.05, 0) is 57.2 Å². The highest BCUT2D eigenvalue weighted by Gasteiger charge is 2.26. The molecule has 0 saturated heterocycles. The first-order valence-corrected chi connectivity index (χ1v) is 9.11. The molecule has 0 atom stereocenters. The molecule has 1 aliphatic heterocycles. The van der Waals surface area contributed by atoms with Crippen molar-refractivity contribution in [3.63, 3.8) is 0 Å². The predicted octanol–water partition coefficient (Wildman–Crippen LogP) is 4.89. The number of benzene rings is 1. The van der Waals surface area contributed by atoms with Gasteiger partial charge < -0.3 is 9.72 Å². The standard InChI is InChI=1S/C20H24FN3O/c1-13(2)25-19-10-14(21)8-9-18(19)24-12-22-11-16-15-6-4-3-5-7-17(15)23-20(16)24/h8-10,12-13,23H,3-7,11H2,1-2H3. The van der Waals surface area contributed by atoms with Crippen molar-refractivity contribution >= 4 is 17.8 Å². The molecule has 132 valence electrons. The average Bonchev–Trinajstić information content (AvgIpc) is 2.76. The molecule has 4 nitrogen and oxygen atoms in total. The first kappa shape index (κ1) is 16.2. The zero-order valence-corrected chi connectivity index (χ0v) is 14.8. The van der Waals surface area contributed by atoms with Gasteiger partial charge in [0.05, 0.1) is 24.7 Å². The van der Waals surface area contributed by atoms with E-state index in [9.17, 15) is 4.39 Å². The van der Waals surface area contributed by atoms with Crippen LogP contribution in [-0.2, 0) is 19.4 Å². The number of anilines is 2. The van der Waals surface area contributed by atoms with Crippen LogP contribution >= 0.6 is 0 Å². The van der Waals surface area contributed by atoms with E-state index in [-0.39, 0.29) is 11.9 Å². The Balaban J connectivity index is 1.78. The lowest BCUT2D eigenvalue weighted by molar-refractivity contribution is 0.242. The number of aryl methyl sites for hydroxylation is 1. The summed E-state index contributed by atoms with van der Waals surface area (Å²) in [4.78, 5) is 10.2. The summed E-state index contributed by atoms with van der Waals surface area (Å²) in [7, 11) is 0. The van der Waals surface area contributed by atoms with E-state index in [4.69, 9.17) is 4.74 Å². The van der Waals surface area contributed by atoms with Crippen LogP contribution in [0.25, 0.3) is 0 Å². The molecule has 1 aliphatic carbocycles. The summed E-state index contributed by atoms with van der Waals surface area (Å²) in [6.07, 6.45) is 7.75. The number of nitrogens with zero attached hydrogens (tertiary/aromatic N) is 2. The van der Waals surface area contributed by atoms with Crippen molar-refractivity contribution in [2.24, 2.45) is 4.99 Å². The zero-order chi connectivity index (χ0) is 17.4. The monoisotopic (exact) mass is 341 g/mol. The van der Waals surface area contributed by atoms with Crippen LogP contribution in [0.2, 0.25) is 0 Å². The summed E-state index contributed by atoms with van der Waals surface area (Å²) in [5, 5.41) is 0. The summed E-state index contributed by atoms with van der Waals surface area (Å²) < 4.78 is 19.6. The SMILES string of the molecule is CC(C)Oc1cc(F)ccc1N1C=NCc2c1[nH]c1c2CCCCC1. The maximum Gasteiger partial charge on any atom is 0.146 e. The van der Waals surface area contributed by atoms with E-state index in [1.54, 1.807) is 6.07 Å². The molecule has 0 saturated carbocycles. The first-order valence-electron chi connectivity index (χ1n) is 9.11. The van der Waals surface area contributed by atoms with E-state index in [0.29, 0.717) is 12.3 Å². The molecule has 25 heavy (non-hydrogen) atoms. The number of nitrogens with one attached hydrogen (secondary N) is 1. The second kappa shape index (κ2) is 6.54. The second-order valence-corrected chi connectivity index (χ2v) is 7.07. The Labute approximate surface area is 147 Å². The van der Waals surface area contributed by atoms with Crippen LogP contribution in [0.5, 0.6) is 5.75 Å². The van der Waals surface area contributed by atoms with Crippen LogP contribution in [0, 0.1) is 5.82 Å². The van der Waals surface area contributed by atoms with Gasteiger partial charge in [-0.1, -0.05) is 6.42 Å². The molecule has 1 N–H and O–H groups in total. The molecular weight excluding hydrogens is 317 g/mol. The lowest BCUT2D eigenvalue weighted by atomic mass is 10.0. The minimum atomic E-state index is -0.296.